The third kappa shape index (κ3) is 1.84. The van der Waals surface area contributed by atoms with E-state index in [2.05, 4.69) is 6.92 Å². The zero-order valence-corrected chi connectivity index (χ0v) is 9.12. The van der Waals surface area contributed by atoms with Gasteiger partial charge in [0.1, 0.15) is 5.60 Å². The maximum atomic E-state index is 10.9. The zero-order valence-electron chi connectivity index (χ0n) is 9.12. The monoisotopic (exact) mass is 199 g/mol. The van der Waals surface area contributed by atoms with Gasteiger partial charge in [0.2, 0.25) is 0 Å². The summed E-state index contributed by atoms with van der Waals surface area (Å²) in [5, 5.41) is 10.0. The smallest absolute Gasteiger partial charge is 0.151 e. The molecule has 14 heavy (non-hydrogen) atoms. The van der Waals surface area contributed by atoms with Crippen LogP contribution in [-0.4, -0.2) is 23.5 Å². The van der Waals surface area contributed by atoms with Crippen molar-refractivity contribution in [3.63, 3.8) is 0 Å². The van der Waals surface area contributed by atoms with E-state index in [0.717, 1.165) is 25.7 Å². The molecule has 1 fully saturated rings. The summed E-state index contributed by atoms with van der Waals surface area (Å²) in [5.74, 6) is 0.692. The summed E-state index contributed by atoms with van der Waals surface area (Å²) in [6.07, 6.45) is 4.48. The average molecular weight is 199 g/mol. The van der Waals surface area contributed by atoms with Crippen LogP contribution in [0.1, 0.15) is 39.5 Å². The van der Waals surface area contributed by atoms with Crippen LogP contribution in [0.15, 0.2) is 0 Å². The van der Waals surface area contributed by atoms with Gasteiger partial charge in [0.05, 0.1) is 0 Å². The minimum atomic E-state index is -1.26. The van der Waals surface area contributed by atoms with Crippen LogP contribution in [0.5, 0.6) is 0 Å². The molecule has 3 nitrogen and oxygen atoms in total. The van der Waals surface area contributed by atoms with E-state index in [-0.39, 0.29) is 5.41 Å². The Bertz CT molecular complexity index is 205. The molecule has 1 aliphatic rings. The van der Waals surface area contributed by atoms with Crippen molar-refractivity contribution in [2.24, 2.45) is 17.1 Å². The van der Waals surface area contributed by atoms with Crippen molar-refractivity contribution in [1.82, 2.24) is 0 Å². The first kappa shape index (κ1) is 11.7. The van der Waals surface area contributed by atoms with Crippen molar-refractivity contribution >= 4 is 6.29 Å². The number of nitrogens with two attached hydrogens (primary N) is 1. The van der Waals surface area contributed by atoms with E-state index >= 15 is 0 Å². The van der Waals surface area contributed by atoms with Gasteiger partial charge in [-0.3, -0.25) is 0 Å². The van der Waals surface area contributed by atoms with Crippen LogP contribution in [0.4, 0.5) is 0 Å². The van der Waals surface area contributed by atoms with E-state index in [4.69, 9.17) is 5.73 Å². The Hall–Kier alpha value is -0.410. The number of aliphatic hydroxyl groups is 1. The second-order valence-corrected chi connectivity index (χ2v) is 4.93. The molecule has 1 saturated carbocycles. The average Bonchev–Trinajstić information content (AvgIpc) is 2.19. The molecule has 0 bridgehead atoms. The predicted molar refractivity (Wildman–Crippen MR) is 55.8 cm³/mol. The molecule has 3 heteroatoms. The fraction of sp³-hybridized carbons (Fsp3) is 0.909. The number of hydrogen-bond acceptors (Lipinski definition) is 3. The molecular formula is C11H21NO2. The largest absolute Gasteiger partial charge is 0.382 e. The molecule has 3 N–H and O–H groups in total. The molecule has 1 atom stereocenters. The number of hydrogen-bond donors (Lipinski definition) is 2. The predicted octanol–water partition coefficient (Wildman–Crippen LogP) is 1.09. The molecule has 82 valence electrons. The SMILES string of the molecule is CC1CCC(CN)(C(C)(O)C=O)CC1. The number of carbonyl (C=O) groups is 1. The Kier molecular flexibility index (Phi) is 3.32. The summed E-state index contributed by atoms with van der Waals surface area (Å²) in [6.45, 7) is 4.18. The molecule has 0 aromatic rings. The fourth-order valence-electron chi connectivity index (χ4n) is 2.36. The zero-order chi connectivity index (χ0) is 10.8. The second-order valence-electron chi connectivity index (χ2n) is 4.93. The first-order valence-corrected chi connectivity index (χ1v) is 5.36. The van der Waals surface area contributed by atoms with E-state index in [9.17, 15) is 9.90 Å². The maximum Gasteiger partial charge on any atom is 0.151 e. The maximum absolute atomic E-state index is 10.9. The van der Waals surface area contributed by atoms with Crippen molar-refractivity contribution < 1.29 is 9.90 Å². The summed E-state index contributed by atoms with van der Waals surface area (Å²) in [5.41, 5.74) is 4.08. The highest BCUT2D eigenvalue weighted by Crippen LogP contribution is 2.44. The van der Waals surface area contributed by atoms with Crippen LogP contribution in [0.3, 0.4) is 0 Å². The first-order valence-electron chi connectivity index (χ1n) is 5.36. The molecular weight excluding hydrogens is 178 g/mol. The van der Waals surface area contributed by atoms with Crippen molar-refractivity contribution in [3.8, 4) is 0 Å². The Balaban J connectivity index is 2.82. The van der Waals surface area contributed by atoms with E-state index in [0.29, 0.717) is 18.7 Å². The van der Waals surface area contributed by atoms with Gasteiger partial charge in [-0.25, -0.2) is 0 Å². The summed E-state index contributed by atoms with van der Waals surface area (Å²) >= 11 is 0. The molecule has 1 rings (SSSR count). The van der Waals surface area contributed by atoms with Crippen LogP contribution in [0.25, 0.3) is 0 Å². The minimum Gasteiger partial charge on any atom is -0.382 e. The van der Waals surface area contributed by atoms with Gasteiger partial charge in [-0.2, -0.15) is 0 Å². The van der Waals surface area contributed by atoms with Gasteiger partial charge in [0, 0.05) is 12.0 Å². The standard InChI is InChI=1S/C11H21NO2/c1-9-3-5-11(7-12,6-4-9)10(2,14)8-13/h8-9,14H,3-7,12H2,1-2H3. The van der Waals surface area contributed by atoms with E-state index < -0.39 is 5.60 Å². The Morgan fingerprint density at radius 3 is 2.43 bits per heavy atom. The van der Waals surface area contributed by atoms with Gasteiger partial charge in [-0.1, -0.05) is 19.8 Å². The molecule has 1 aliphatic carbocycles. The lowest BCUT2D eigenvalue weighted by Crippen LogP contribution is -2.53. The first-order chi connectivity index (χ1) is 6.47. The van der Waals surface area contributed by atoms with Crippen molar-refractivity contribution in [2.75, 3.05) is 6.54 Å². The second kappa shape index (κ2) is 3.99. The highest BCUT2D eigenvalue weighted by atomic mass is 16.3. The number of rotatable bonds is 3. The minimum absolute atomic E-state index is 0.388. The van der Waals surface area contributed by atoms with Gasteiger partial charge in [-0.15, -0.1) is 0 Å². The van der Waals surface area contributed by atoms with Gasteiger partial charge >= 0.3 is 0 Å². The van der Waals surface area contributed by atoms with Crippen LogP contribution in [0.2, 0.25) is 0 Å². The van der Waals surface area contributed by atoms with Crippen LogP contribution < -0.4 is 5.73 Å². The molecule has 0 aromatic heterocycles. The summed E-state index contributed by atoms with van der Waals surface area (Å²) in [6, 6.07) is 0. The number of aldehydes is 1. The van der Waals surface area contributed by atoms with Crippen LogP contribution >= 0.6 is 0 Å². The summed E-state index contributed by atoms with van der Waals surface area (Å²) in [4.78, 5) is 10.9. The summed E-state index contributed by atoms with van der Waals surface area (Å²) in [7, 11) is 0. The van der Waals surface area contributed by atoms with Crippen LogP contribution in [0, 0.1) is 11.3 Å². The van der Waals surface area contributed by atoms with Gasteiger partial charge < -0.3 is 15.6 Å². The fourth-order valence-corrected chi connectivity index (χ4v) is 2.36. The quantitative estimate of drug-likeness (QED) is 0.669. The van der Waals surface area contributed by atoms with Crippen molar-refractivity contribution in [2.45, 2.75) is 45.1 Å². The lowest BCUT2D eigenvalue weighted by molar-refractivity contribution is -0.141. The van der Waals surface area contributed by atoms with Gasteiger partial charge in [0.25, 0.3) is 0 Å². The Morgan fingerprint density at radius 1 is 1.57 bits per heavy atom. The molecule has 0 saturated heterocycles. The lowest BCUT2D eigenvalue weighted by atomic mass is 9.62. The molecule has 1 unspecified atom stereocenters. The Morgan fingerprint density at radius 2 is 2.07 bits per heavy atom. The Labute approximate surface area is 85.7 Å². The summed E-state index contributed by atoms with van der Waals surface area (Å²) < 4.78 is 0. The van der Waals surface area contributed by atoms with E-state index in [1.165, 1.54) is 0 Å². The highest BCUT2D eigenvalue weighted by molar-refractivity contribution is 5.63. The normalized spacial score (nSPS) is 37.6. The topological polar surface area (TPSA) is 63.3 Å². The molecule has 0 aliphatic heterocycles. The van der Waals surface area contributed by atoms with E-state index in [1.807, 2.05) is 0 Å². The third-order valence-corrected chi connectivity index (χ3v) is 3.93. The molecule has 0 spiro atoms. The van der Waals surface area contributed by atoms with E-state index in [1.54, 1.807) is 6.92 Å². The molecule has 0 aromatic carbocycles. The number of carbonyl (C=O) groups excluding carboxylic acids is 1. The van der Waals surface area contributed by atoms with Crippen LogP contribution in [-0.2, 0) is 4.79 Å². The van der Waals surface area contributed by atoms with Gasteiger partial charge in [-0.05, 0) is 25.7 Å². The highest BCUT2D eigenvalue weighted by Gasteiger charge is 2.47. The molecule has 0 radical (unpaired) electrons. The van der Waals surface area contributed by atoms with Crippen molar-refractivity contribution in [1.29, 1.82) is 0 Å². The van der Waals surface area contributed by atoms with Gasteiger partial charge in [0.15, 0.2) is 6.29 Å². The molecule has 0 amide bonds. The van der Waals surface area contributed by atoms with Crippen molar-refractivity contribution in [3.05, 3.63) is 0 Å². The third-order valence-electron chi connectivity index (χ3n) is 3.93. The molecule has 0 heterocycles. The lowest BCUT2D eigenvalue weighted by Gasteiger charge is -2.45.